The van der Waals surface area contributed by atoms with Crippen LogP contribution < -0.4 is 4.72 Å². The quantitative estimate of drug-likeness (QED) is 0.883. The van der Waals surface area contributed by atoms with Gasteiger partial charge in [0.2, 0.25) is 10.0 Å². The Balaban J connectivity index is 2.29. The summed E-state index contributed by atoms with van der Waals surface area (Å²) in [5.74, 6) is -2.29. The van der Waals surface area contributed by atoms with Crippen molar-refractivity contribution in [2.24, 2.45) is 0 Å². The topological polar surface area (TPSA) is 46.2 Å². The predicted molar refractivity (Wildman–Crippen MR) is 79.2 cm³/mol. The molecule has 0 aliphatic heterocycles. The van der Waals surface area contributed by atoms with Crippen LogP contribution in [0.25, 0.3) is 0 Å². The molecule has 0 unspecified atom stereocenters. The zero-order valence-corrected chi connectivity index (χ0v) is 13.4. The van der Waals surface area contributed by atoms with E-state index in [9.17, 15) is 17.2 Å². The van der Waals surface area contributed by atoms with Crippen molar-refractivity contribution in [3.63, 3.8) is 0 Å². The summed E-state index contributed by atoms with van der Waals surface area (Å²) in [7, 11) is -3.94. The maximum absolute atomic E-state index is 13.2. The van der Waals surface area contributed by atoms with E-state index in [1.54, 1.807) is 25.1 Å². The lowest BCUT2D eigenvalue weighted by Crippen LogP contribution is -2.27. The molecule has 0 saturated carbocycles. The van der Waals surface area contributed by atoms with Crippen molar-refractivity contribution >= 4 is 26.0 Å². The summed E-state index contributed by atoms with van der Waals surface area (Å²) in [6.45, 7) is 1.66. The molecule has 2 aromatic rings. The molecule has 0 saturated heterocycles. The van der Waals surface area contributed by atoms with Crippen LogP contribution in [0.15, 0.2) is 51.8 Å². The largest absolute Gasteiger partial charge is 0.241 e. The molecule has 0 amide bonds. The van der Waals surface area contributed by atoms with Crippen LogP contribution in [0.3, 0.4) is 0 Å². The molecule has 7 heteroatoms. The Bertz CT molecular complexity index is 765. The van der Waals surface area contributed by atoms with E-state index in [1.807, 2.05) is 6.07 Å². The summed E-state index contributed by atoms with van der Waals surface area (Å²) in [5.41, 5.74) is 0.739. The lowest BCUT2D eigenvalue weighted by atomic mass is 10.1. The lowest BCUT2D eigenvalue weighted by Gasteiger charge is -2.16. The van der Waals surface area contributed by atoms with Crippen molar-refractivity contribution in [3.8, 4) is 0 Å². The first kappa shape index (κ1) is 16.1. The van der Waals surface area contributed by atoms with Gasteiger partial charge in [-0.2, -0.15) is 0 Å². The van der Waals surface area contributed by atoms with Crippen molar-refractivity contribution in [3.05, 3.63) is 64.1 Å². The highest BCUT2D eigenvalue weighted by atomic mass is 79.9. The Hall–Kier alpha value is -1.31. The molecule has 1 atom stereocenters. The summed E-state index contributed by atoms with van der Waals surface area (Å²) < 4.78 is 53.6. The van der Waals surface area contributed by atoms with Gasteiger partial charge in [-0.25, -0.2) is 21.9 Å². The summed E-state index contributed by atoms with van der Waals surface area (Å²) in [6.07, 6.45) is 0. The van der Waals surface area contributed by atoms with Crippen LogP contribution in [0.2, 0.25) is 0 Å². The Kier molecular flexibility index (Phi) is 4.75. The summed E-state index contributed by atoms with van der Waals surface area (Å²) in [4.78, 5) is -0.319. The van der Waals surface area contributed by atoms with E-state index in [2.05, 4.69) is 20.7 Å². The number of hydrogen-bond donors (Lipinski definition) is 1. The highest BCUT2D eigenvalue weighted by Gasteiger charge is 2.20. The van der Waals surface area contributed by atoms with Crippen LogP contribution in [0.5, 0.6) is 0 Å². The monoisotopic (exact) mass is 375 g/mol. The molecule has 0 radical (unpaired) electrons. The molecular weight excluding hydrogens is 364 g/mol. The summed E-state index contributed by atoms with van der Waals surface area (Å²) in [5, 5.41) is 0. The molecule has 0 aliphatic carbocycles. The maximum atomic E-state index is 13.2. The van der Waals surface area contributed by atoms with E-state index in [-0.39, 0.29) is 4.90 Å². The molecule has 2 aromatic carbocycles. The van der Waals surface area contributed by atoms with E-state index >= 15 is 0 Å². The molecule has 3 nitrogen and oxygen atoms in total. The van der Waals surface area contributed by atoms with Crippen LogP contribution >= 0.6 is 15.9 Å². The van der Waals surface area contributed by atoms with Gasteiger partial charge in [0, 0.05) is 10.5 Å². The van der Waals surface area contributed by atoms with E-state index in [0.717, 1.165) is 22.2 Å². The molecule has 0 heterocycles. The minimum atomic E-state index is -3.94. The van der Waals surface area contributed by atoms with Gasteiger partial charge in [0.05, 0.1) is 4.90 Å². The second-order valence-corrected chi connectivity index (χ2v) is 7.01. The van der Waals surface area contributed by atoms with Crippen molar-refractivity contribution in [1.82, 2.24) is 4.72 Å². The predicted octanol–water partition coefficient (Wildman–Crippen LogP) is 3.77. The fraction of sp³-hybridized carbons (Fsp3) is 0.143. The van der Waals surface area contributed by atoms with Gasteiger partial charge in [-0.1, -0.05) is 34.1 Å². The molecule has 0 bridgehead atoms. The second-order valence-electron chi connectivity index (χ2n) is 4.44. The Morgan fingerprint density at radius 1 is 1.10 bits per heavy atom. The average Bonchev–Trinajstić information content (AvgIpc) is 2.41. The lowest BCUT2D eigenvalue weighted by molar-refractivity contribution is 0.503. The number of halogens is 3. The normalized spacial score (nSPS) is 13.1. The van der Waals surface area contributed by atoms with Crippen molar-refractivity contribution < 1.29 is 17.2 Å². The smallest absolute Gasteiger partial charge is 0.207 e. The third-order valence-corrected chi connectivity index (χ3v) is 5.17. The number of sulfonamides is 1. The second kappa shape index (κ2) is 6.21. The van der Waals surface area contributed by atoms with E-state index < -0.39 is 27.7 Å². The molecule has 112 valence electrons. The Labute approximate surface area is 130 Å². The Morgan fingerprint density at radius 2 is 1.76 bits per heavy atom. The minimum Gasteiger partial charge on any atom is -0.207 e. The van der Waals surface area contributed by atoms with Gasteiger partial charge in [-0.15, -0.1) is 0 Å². The molecule has 2 rings (SSSR count). The molecule has 0 aromatic heterocycles. The van der Waals surface area contributed by atoms with E-state index in [0.29, 0.717) is 6.07 Å². The third kappa shape index (κ3) is 3.66. The fourth-order valence-corrected chi connectivity index (χ4v) is 3.70. The number of nitrogens with one attached hydrogen (secondary N) is 1. The molecule has 1 N–H and O–H groups in total. The molecular formula is C14H12BrF2NO2S. The highest BCUT2D eigenvalue weighted by Crippen LogP contribution is 2.24. The number of benzene rings is 2. The van der Waals surface area contributed by atoms with Crippen LogP contribution in [0.1, 0.15) is 18.5 Å². The minimum absolute atomic E-state index is 0.319. The van der Waals surface area contributed by atoms with Crippen LogP contribution in [0.4, 0.5) is 8.78 Å². The van der Waals surface area contributed by atoms with Gasteiger partial charge in [0.1, 0.15) is 0 Å². The SMILES string of the molecule is C[C@@H](NS(=O)(=O)c1ccc(F)c(F)c1)c1ccccc1Br. The van der Waals surface area contributed by atoms with Gasteiger partial charge in [0.15, 0.2) is 11.6 Å². The van der Waals surface area contributed by atoms with Gasteiger partial charge in [0.25, 0.3) is 0 Å². The van der Waals surface area contributed by atoms with Crippen LogP contribution in [-0.4, -0.2) is 8.42 Å². The molecule has 0 spiro atoms. The van der Waals surface area contributed by atoms with Crippen molar-refractivity contribution in [2.75, 3.05) is 0 Å². The van der Waals surface area contributed by atoms with Crippen molar-refractivity contribution in [2.45, 2.75) is 17.9 Å². The zero-order valence-electron chi connectivity index (χ0n) is 11.0. The van der Waals surface area contributed by atoms with Gasteiger partial charge in [-0.05, 0) is 36.8 Å². The maximum Gasteiger partial charge on any atom is 0.241 e. The third-order valence-electron chi connectivity index (χ3n) is 2.91. The molecule has 21 heavy (non-hydrogen) atoms. The first-order valence-electron chi connectivity index (χ1n) is 6.03. The van der Waals surface area contributed by atoms with Crippen LogP contribution in [0, 0.1) is 11.6 Å². The van der Waals surface area contributed by atoms with Gasteiger partial charge >= 0.3 is 0 Å². The molecule has 0 fully saturated rings. The average molecular weight is 376 g/mol. The molecule has 0 aliphatic rings. The van der Waals surface area contributed by atoms with Gasteiger partial charge < -0.3 is 0 Å². The first-order chi connectivity index (χ1) is 9.81. The first-order valence-corrected chi connectivity index (χ1v) is 8.30. The highest BCUT2D eigenvalue weighted by molar-refractivity contribution is 9.10. The summed E-state index contributed by atoms with van der Waals surface area (Å²) >= 11 is 3.34. The zero-order chi connectivity index (χ0) is 15.6. The number of rotatable bonds is 4. The van der Waals surface area contributed by atoms with Gasteiger partial charge in [-0.3, -0.25) is 0 Å². The Morgan fingerprint density at radius 3 is 2.38 bits per heavy atom. The van der Waals surface area contributed by atoms with Crippen molar-refractivity contribution in [1.29, 1.82) is 0 Å². The number of hydrogen-bond acceptors (Lipinski definition) is 2. The fourth-order valence-electron chi connectivity index (χ4n) is 1.83. The van der Waals surface area contributed by atoms with E-state index in [1.165, 1.54) is 0 Å². The summed E-state index contributed by atoms with van der Waals surface area (Å²) in [6, 6.07) is 9.08. The standard InChI is InChI=1S/C14H12BrF2NO2S/c1-9(11-4-2-3-5-12(11)15)18-21(19,20)10-6-7-13(16)14(17)8-10/h2-9,18H,1H3/t9-/m1/s1. The van der Waals surface area contributed by atoms with Crippen LogP contribution in [-0.2, 0) is 10.0 Å². The van der Waals surface area contributed by atoms with E-state index in [4.69, 9.17) is 0 Å².